The molecule has 0 fully saturated rings. The van der Waals surface area contributed by atoms with Crippen molar-refractivity contribution in [3.05, 3.63) is 89.5 Å². The minimum Gasteiger partial charge on any atom is -0.494 e. The summed E-state index contributed by atoms with van der Waals surface area (Å²) in [6, 6.07) is 21.2. The van der Waals surface area contributed by atoms with E-state index in [1.807, 2.05) is 24.3 Å². The van der Waals surface area contributed by atoms with Gasteiger partial charge in [0.15, 0.2) is 6.61 Å². The Kier molecular flexibility index (Phi) is 9.87. The lowest BCUT2D eigenvalue weighted by Gasteiger charge is -2.07. The number of aryl methyl sites for hydroxylation is 1. The largest absolute Gasteiger partial charge is 0.494 e. The zero-order valence-electron chi connectivity index (χ0n) is 20.0. The number of hydrogen-bond donors (Lipinski definition) is 1. The number of hydrogen-bond acceptors (Lipinski definition) is 6. The number of carbonyl (C=O) groups is 2. The van der Waals surface area contributed by atoms with Crippen LogP contribution >= 0.6 is 0 Å². The predicted molar refractivity (Wildman–Crippen MR) is 135 cm³/mol. The Morgan fingerprint density at radius 1 is 0.829 bits per heavy atom. The highest BCUT2D eigenvalue weighted by molar-refractivity contribution is 5.91. The van der Waals surface area contributed by atoms with Crippen LogP contribution in [0.5, 0.6) is 17.2 Å². The normalized spacial score (nSPS) is 10.7. The van der Waals surface area contributed by atoms with Gasteiger partial charge in [0, 0.05) is 0 Å². The first-order valence-corrected chi connectivity index (χ1v) is 11.7. The van der Waals surface area contributed by atoms with Crippen LogP contribution in [0.4, 0.5) is 0 Å². The quantitative estimate of drug-likeness (QED) is 0.129. The van der Waals surface area contributed by atoms with Crippen molar-refractivity contribution < 1.29 is 23.8 Å². The van der Waals surface area contributed by atoms with Crippen LogP contribution in [0.3, 0.4) is 0 Å². The molecule has 0 aromatic heterocycles. The van der Waals surface area contributed by atoms with Crippen LogP contribution in [0.1, 0.15) is 48.2 Å². The zero-order chi connectivity index (χ0) is 24.9. The molecule has 0 heterocycles. The molecule has 3 aromatic carbocycles. The fourth-order valence-electron chi connectivity index (χ4n) is 2.99. The van der Waals surface area contributed by atoms with Gasteiger partial charge in [-0.15, -0.1) is 0 Å². The molecule has 1 amide bonds. The second-order valence-corrected chi connectivity index (χ2v) is 7.76. The average molecular weight is 475 g/mol. The Morgan fingerprint density at radius 2 is 1.46 bits per heavy atom. The second-order valence-electron chi connectivity index (χ2n) is 7.76. The maximum absolute atomic E-state index is 12.4. The highest BCUT2D eigenvalue weighted by atomic mass is 16.5. The molecule has 182 valence electrons. The summed E-state index contributed by atoms with van der Waals surface area (Å²) in [6.07, 6.45) is 4.49. The molecule has 0 aliphatic rings. The summed E-state index contributed by atoms with van der Waals surface area (Å²) < 4.78 is 16.5. The molecule has 0 unspecified atom stereocenters. The number of ether oxygens (including phenoxy) is 3. The lowest BCUT2D eigenvalue weighted by Crippen LogP contribution is -2.24. The summed E-state index contributed by atoms with van der Waals surface area (Å²) in [7, 11) is 0. The van der Waals surface area contributed by atoms with Gasteiger partial charge < -0.3 is 14.2 Å². The molecule has 0 saturated carbocycles. The Morgan fingerprint density at radius 3 is 2.11 bits per heavy atom. The van der Waals surface area contributed by atoms with Crippen LogP contribution in [0.2, 0.25) is 0 Å². The Balaban J connectivity index is 1.42. The fourth-order valence-corrected chi connectivity index (χ4v) is 2.99. The standard InChI is InChI=1S/C28H30N2O5/c1-3-5-18-33-24-16-10-23(11-17-24)28(32)35-26-14-8-22(9-15-26)19-29-30-27(31)20-34-25-12-6-21(4-2)7-13-25/h6-17,19H,3-5,18,20H2,1-2H3,(H,30,31)/b29-19-. The van der Waals surface area contributed by atoms with Gasteiger partial charge in [-0.3, -0.25) is 4.79 Å². The maximum Gasteiger partial charge on any atom is 0.343 e. The Labute approximate surface area is 205 Å². The minimum atomic E-state index is -0.455. The molecule has 0 bridgehead atoms. The molecular weight excluding hydrogens is 444 g/mol. The van der Waals surface area contributed by atoms with Gasteiger partial charge in [0.2, 0.25) is 0 Å². The van der Waals surface area contributed by atoms with Crippen LogP contribution in [-0.4, -0.2) is 31.3 Å². The van der Waals surface area contributed by atoms with Crippen LogP contribution in [0, 0.1) is 0 Å². The first-order valence-electron chi connectivity index (χ1n) is 11.7. The molecule has 0 aliphatic heterocycles. The van der Waals surface area contributed by atoms with Gasteiger partial charge in [-0.1, -0.05) is 32.4 Å². The summed E-state index contributed by atoms with van der Waals surface area (Å²) >= 11 is 0. The van der Waals surface area contributed by atoms with E-state index in [4.69, 9.17) is 14.2 Å². The van der Waals surface area contributed by atoms with Crippen molar-refractivity contribution in [1.82, 2.24) is 5.43 Å². The van der Waals surface area contributed by atoms with E-state index in [0.717, 1.165) is 30.6 Å². The van der Waals surface area contributed by atoms with Crippen molar-refractivity contribution in [2.45, 2.75) is 33.1 Å². The van der Waals surface area contributed by atoms with E-state index in [-0.39, 0.29) is 12.5 Å². The Hall–Kier alpha value is -4.13. The summed E-state index contributed by atoms with van der Waals surface area (Å²) in [4.78, 5) is 24.3. The molecule has 0 atom stereocenters. The SMILES string of the molecule is CCCCOc1ccc(C(=O)Oc2ccc(/C=N\NC(=O)COc3ccc(CC)cc3)cc2)cc1. The predicted octanol–water partition coefficient (Wildman–Crippen LogP) is 5.18. The summed E-state index contributed by atoms with van der Waals surface area (Å²) in [6.45, 7) is 4.70. The van der Waals surface area contributed by atoms with E-state index in [1.165, 1.54) is 11.8 Å². The molecule has 0 aliphatic carbocycles. The van der Waals surface area contributed by atoms with Gasteiger partial charge >= 0.3 is 5.97 Å². The Bertz CT molecular complexity index is 1110. The number of unbranched alkanes of at least 4 members (excludes halogenated alkanes) is 1. The van der Waals surface area contributed by atoms with E-state index in [0.29, 0.717) is 23.7 Å². The van der Waals surface area contributed by atoms with Crippen molar-refractivity contribution in [2.75, 3.05) is 13.2 Å². The summed E-state index contributed by atoms with van der Waals surface area (Å²) in [5.74, 6) is 0.934. The average Bonchev–Trinajstić information content (AvgIpc) is 2.89. The second kappa shape index (κ2) is 13.5. The maximum atomic E-state index is 12.4. The topological polar surface area (TPSA) is 86.2 Å². The highest BCUT2D eigenvalue weighted by Crippen LogP contribution is 2.17. The fraction of sp³-hybridized carbons (Fsp3) is 0.250. The van der Waals surface area contributed by atoms with Crippen molar-refractivity contribution in [3.8, 4) is 17.2 Å². The van der Waals surface area contributed by atoms with Crippen molar-refractivity contribution in [2.24, 2.45) is 5.10 Å². The van der Waals surface area contributed by atoms with Crippen LogP contribution in [0.25, 0.3) is 0 Å². The third-order valence-corrected chi connectivity index (χ3v) is 5.05. The van der Waals surface area contributed by atoms with Gasteiger partial charge in [-0.25, -0.2) is 10.2 Å². The molecule has 0 spiro atoms. The number of nitrogens with one attached hydrogen (secondary N) is 1. The van der Waals surface area contributed by atoms with Gasteiger partial charge in [-0.2, -0.15) is 5.10 Å². The minimum absolute atomic E-state index is 0.135. The van der Waals surface area contributed by atoms with Gasteiger partial charge in [0.05, 0.1) is 18.4 Å². The van der Waals surface area contributed by atoms with E-state index >= 15 is 0 Å². The molecular formula is C28H30N2O5. The van der Waals surface area contributed by atoms with Gasteiger partial charge in [-0.05, 0) is 84.6 Å². The highest BCUT2D eigenvalue weighted by Gasteiger charge is 2.09. The number of hydrazone groups is 1. The summed E-state index contributed by atoms with van der Waals surface area (Å²) in [5.41, 5.74) is 4.79. The summed E-state index contributed by atoms with van der Waals surface area (Å²) in [5, 5.41) is 3.93. The van der Waals surface area contributed by atoms with E-state index in [2.05, 4.69) is 24.4 Å². The molecule has 0 radical (unpaired) electrons. The molecule has 0 saturated heterocycles. The van der Waals surface area contributed by atoms with Crippen LogP contribution in [0.15, 0.2) is 77.9 Å². The molecule has 35 heavy (non-hydrogen) atoms. The third-order valence-electron chi connectivity index (χ3n) is 5.05. The van der Waals surface area contributed by atoms with Gasteiger partial charge in [0.25, 0.3) is 5.91 Å². The number of nitrogens with zero attached hydrogens (tertiary/aromatic N) is 1. The van der Waals surface area contributed by atoms with Crippen molar-refractivity contribution in [3.63, 3.8) is 0 Å². The van der Waals surface area contributed by atoms with Crippen LogP contribution in [-0.2, 0) is 11.2 Å². The van der Waals surface area contributed by atoms with Crippen molar-refractivity contribution >= 4 is 18.1 Å². The van der Waals surface area contributed by atoms with Gasteiger partial charge in [0.1, 0.15) is 17.2 Å². The molecule has 7 heteroatoms. The third kappa shape index (κ3) is 8.62. The number of rotatable bonds is 12. The van der Waals surface area contributed by atoms with E-state index in [9.17, 15) is 9.59 Å². The molecule has 3 aromatic rings. The number of esters is 1. The first kappa shape index (κ1) is 25.5. The lowest BCUT2D eigenvalue weighted by atomic mass is 10.2. The molecule has 1 N–H and O–H groups in total. The lowest BCUT2D eigenvalue weighted by molar-refractivity contribution is -0.123. The number of benzene rings is 3. The van der Waals surface area contributed by atoms with E-state index < -0.39 is 5.97 Å². The smallest absolute Gasteiger partial charge is 0.343 e. The zero-order valence-corrected chi connectivity index (χ0v) is 20.0. The van der Waals surface area contributed by atoms with Crippen molar-refractivity contribution in [1.29, 1.82) is 0 Å². The monoisotopic (exact) mass is 474 g/mol. The van der Waals surface area contributed by atoms with Crippen LogP contribution < -0.4 is 19.6 Å². The molecule has 3 rings (SSSR count). The molecule has 7 nitrogen and oxygen atoms in total. The number of amides is 1. The van der Waals surface area contributed by atoms with E-state index in [1.54, 1.807) is 48.5 Å². The number of carbonyl (C=O) groups excluding carboxylic acids is 2. The first-order chi connectivity index (χ1) is 17.1.